The van der Waals surface area contributed by atoms with Crippen molar-refractivity contribution < 1.29 is 8.78 Å². The molecular formula is C13H13F2N3O. The molecule has 100 valence electrons. The summed E-state index contributed by atoms with van der Waals surface area (Å²) in [7, 11) is 0. The van der Waals surface area contributed by atoms with Gasteiger partial charge in [-0.1, -0.05) is 0 Å². The third-order valence-electron chi connectivity index (χ3n) is 2.71. The molecule has 0 fully saturated rings. The zero-order chi connectivity index (χ0) is 13.8. The zero-order valence-electron chi connectivity index (χ0n) is 10.4. The van der Waals surface area contributed by atoms with Gasteiger partial charge in [-0.25, -0.2) is 13.8 Å². The van der Waals surface area contributed by atoms with E-state index < -0.39 is 11.6 Å². The van der Waals surface area contributed by atoms with Crippen molar-refractivity contribution in [3.05, 3.63) is 58.1 Å². The van der Waals surface area contributed by atoms with Crippen LogP contribution in [0.2, 0.25) is 0 Å². The molecular weight excluding hydrogens is 252 g/mol. The average molecular weight is 265 g/mol. The van der Waals surface area contributed by atoms with E-state index in [4.69, 9.17) is 0 Å². The molecule has 1 aromatic carbocycles. The monoisotopic (exact) mass is 265 g/mol. The number of anilines is 1. The van der Waals surface area contributed by atoms with E-state index >= 15 is 0 Å². The number of halogens is 2. The topological polar surface area (TPSA) is 46.9 Å². The highest BCUT2D eigenvalue weighted by atomic mass is 19.1. The van der Waals surface area contributed by atoms with Gasteiger partial charge in [0.25, 0.3) is 5.56 Å². The minimum absolute atomic E-state index is 0.000436. The molecule has 0 spiro atoms. The number of hydrogen-bond donors (Lipinski definition) is 1. The van der Waals surface area contributed by atoms with Crippen LogP contribution in [0.15, 0.2) is 35.4 Å². The van der Waals surface area contributed by atoms with E-state index in [0.29, 0.717) is 6.54 Å². The quantitative estimate of drug-likeness (QED) is 0.921. The van der Waals surface area contributed by atoms with Crippen molar-refractivity contribution in [2.45, 2.75) is 20.0 Å². The summed E-state index contributed by atoms with van der Waals surface area (Å²) >= 11 is 0. The van der Waals surface area contributed by atoms with Gasteiger partial charge in [0.2, 0.25) is 0 Å². The van der Waals surface area contributed by atoms with Crippen LogP contribution in [0.4, 0.5) is 14.6 Å². The molecule has 0 bridgehead atoms. The highest BCUT2D eigenvalue weighted by molar-refractivity contribution is 5.33. The van der Waals surface area contributed by atoms with Gasteiger partial charge in [0, 0.05) is 31.0 Å². The predicted octanol–water partition coefficient (Wildman–Crippen LogP) is 2.15. The first-order chi connectivity index (χ1) is 9.11. The fourth-order valence-electron chi connectivity index (χ4n) is 1.68. The third-order valence-corrected chi connectivity index (χ3v) is 2.71. The zero-order valence-corrected chi connectivity index (χ0v) is 10.4. The van der Waals surface area contributed by atoms with E-state index in [0.717, 1.165) is 18.2 Å². The van der Waals surface area contributed by atoms with Gasteiger partial charge in [-0.05, 0) is 25.1 Å². The predicted molar refractivity (Wildman–Crippen MR) is 67.9 cm³/mol. The maximum atomic E-state index is 13.4. The van der Waals surface area contributed by atoms with Crippen LogP contribution in [-0.2, 0) is 13.1 Å². The van der Waals surface area contributed by atoms with Crippen LogP contribution in [0.1, 0.15) is 12.5 Å². The van der Waals surface area contributed by atoms with Gasteiger partial charge >= 0.3 is 0 Å². The number of nitrogens with zero attached hydrogens (tertiary/aromatic N) is 2. The Morgan fingerprint density at radius 2 is 2.16 bits per heavy atom. The van der Waals surface area contributed by atoms with Crippen molar-refractivity contribution >= 4 is 5.82 Å². The van der Waals surface area contributed by atoms with Crippen LogP contribution in [0.5, 0.6) is 0 Å². The lowest BCUT2D eigenvalue weighted by molar-refractivity contribution is 0.587. The first-order valence-electron chi connectivity index (χ1n) is 5.85. The molecule has 2 aromatic rings. The molecule has 2 rings (SSSR count). The molecule has 1 N–H and O–H groups in total. The van der Waals surface area contributed by atoms with E-state index in [1.165, 1.54) is 10.8 Å². The summed E-state index contributed by atoms with van der Waals surface area (Å²) in [6.45, 7) is 2.35. The molecule has 0 saturated heterocycles. The standard InChI is InChI=1S/C13H13F2N3O/c1-2-18-6-5-16-12(13(18)19)17-8-9-7-10(14)3-4-11(9)15/h3-7H,2,8H2,1H3,(H,16,17). The summed E-state index contributed by atoms with van der Waals surface area (Å²) in [6, 6.07) is 3.18. The maximum Gasteiger partial charge on any atom is 0.293 e. The molecule has 19 heavy (non-hydrogen) atoms. The first kappa shape index (κ1) is 13.2. The second-order valence-electron chi connectivity index (χ2n) is 3.96. The Balaban J connectivity index is 2.19. The summed E-state index contributed by atoms with van der Waals surface area (Å²) in [5, 5.41) is 2.72. The number of benzene rings is 1. The van der Waals surface area contributed by atoms with E-state index in [2.05, 4.69) is 10.3 Å². The molecule has 0 amide bonds. The van der Waals surface area contributed by atoms with Gasteiger partial charge in [-0.15, -0.1) is 0 Å². The Labute approximate surface area is 108 Å². The molecule has 0 atom stereocenters. The van der Waals surface area contributed by atoms with Crippen molar-refractivity contribution in [1.82, 2.24) is 9.55 Å². The molecule has 1 heterocycles. The minimum atomic E-state index is -0.527. The minimum Gasteiger partial charge on any atom is -0.361 e. The molecule has 4 nitrogen and oxygen atoms in total. The molecule has 0 aliphatic rings. The Bertz CT molecular complexity index is 640. The van der Waals surface area contributed by atoms with E-state index in [-0.39, 0.29) is 23.5 Å². The maximum absolute atomic E-state index is 13.4. The van der Waals surface area contributed by atoms with Gasteiger partial charge in [0.1, 0.15) is 11.6 Å². The largest absolute Gasteiger partial charge is 0.361 e. The molecule has 0 radical (unpaired) electrons. The fraction of sp³-hybridized carbons (Fsp3) is 0.231. The number of aryl methyl sites for hydroxylation is 1. The summed E-state index contributed by atoms with van der Waals surface area (Å²) in [4.78, 5) is 15.7. The van der Waals surface area contributed by atoms with Crippen molar-refractivity contribution in [2.24, 2.45) is 0 Å². The summed E-state index contributed by atoms with van der Waals surface area (Å²) in [6.07, 6.45) is 3.05. The Hall–Kier alpha value is -2.24. The normalized spacial score (nSPS) is 10.5. The molecule has 6 heteroatoms. The van der Waals surface area contributed by atoms with Crippen LogP contribution >= 0.6 is 0 Å². The number of hydrogen-bond acceptors (Lipinski definition) is 3. The SMILES string of the molecule is CCn1ccnc(NCc2cc(F)ccc2F)c1=O. The van der Waals surface area contributed by atoms with E-state index in [1.54, 1.807) is 6.20 Å². The number of nitrogens with one attached hydrogen (secondary N) is 1. The smallest absolute Gasteiger partial charge is 0.293 e. The van der Waals surface area contributed by atoms with Gasteiger partial charge in [0.05, 0.1) is 0 Å². The molecule has 0 aliphatic heterocycles. The Morgan fingerprint density at radius 3 is 2.89 bits per heavy atom. The lowest BCUT2D eigenvalue weighted by Gasteiger charge is -2.08. The Morgan fingerprint density at radius 1 is 1.37 bits per heavy atom. The highest BCUT2D eigenvalue weighted by Gasteiger charge is 2.07. The summed E-state index contributed by atoms with van der Waals surface area (Å²) < 4.78 is 27.9. The molecule has 0 saturated carbocycles. The summed E-state index contributed by atoms with van der Waals surface area (Å²) in [5.41, 5.74) is -0.144. The van der Waals surface area contributed by atoms with Crippen LogP contribution in [-0.4, -0.2) is 9.55 Å². The molecule has 1 aromatic heterocycles. The summed E-state index contributed by atoms with van der Waals surface area (Å²) in [5.74, 6) is -0.932. The number of aromatic nitrogens is 2. The molecule has 0 unspecified atom stereocenters. The van der Waals surface area contributed by atoms with Crippen molar-refractivity contribution in [3.8, 4) is 0 Å². The van der Waals surface area contributed by atoms with E-state index in [1.807, 2.05) is 6.92 Å². The van der Waals surface area contributed by atoms with Crippen molar-refractivity contribution in [2.75, 3.05) is 5.32 Å². The lowest BCUT2D eigenvalue weighted by Crippen LogP contribution is -2.23. The average Bonchev–Trinajstić information content (AvgIpc) is 2.41. The van der Waals surface area contributed by atoms with Gasteiger partial charge in [-0.3, -0.25) is 4.79 Å². The van der Waals surface area contributed by atoms with Crippen molar-refractivity contribution in [3.63, 3.8) is 0 Å². The first-order valence-corrected chi connectivity index (χ1v) is 5.85. The Kier molecular flexibility index (Phi) is 3.89. The van der Waals surface area contributed by atoms with E-state index in [9.17, 15) is 13.6 Å². The van der Waals surface area contributed by atoms with Gasteiger partial charge in [-0.2, -0.15) is 0 Å². The van der Waals surface area contributed by atoms with Crippen LogP contribution in [0.25, 0.3) is 0 Å². The molecule has 0 aliphatic carbocycles. The lowest BCUT2D eigenvalue weighted by atomic mass is 10.2. The van der Waals surface area contributed by atoms with Gasteiger partial charge in [0.15, 0.2) is 5.82 Å². The second-order valence-corrected chi connectivity index (χ2v) is 3.96. The van der Waals surface area contributed by atoms with Crippen LogP contribution in [0.3, 0.4) is 0 Å². The third kappa shape index (κ3) is 2.96. The fourth-order valence-corrected chi connectivity index (χ4v) is 1.68. The highest BCUT2D eigenvalue weighted by Crippen LogP contribution is 2.10. The van der Waals surface area contributed by atoms with Crippen molar-refractivity contribution in [1.29, 1.82) is 0 Å². The van der Waals surface area contributed by atoms with Crippen LogP contribution < -0.4 is 10.9 Å². The van der Waals surface area contributed by atoms with Gasteiger partial charge < -0.3 is 9.88 Å². The van der Waals surface area contributed by atoms with Crippen LogP contribution in [0, 0.1) is 11.6 Å². The second kappa shape index (κ2) is 5.60. The number of rotatable bonds is 4.